The zero-order chi connectivity index (χ0) is 9.84. The summed E-state index contributed by atoms with van der Waals surface area (Å²) in [5.41, 5.74) is 5.49. The molecule has 0 aromatic heterocycles. The molecule has 0 unspecified atom stereocenters. The molecule has 13 heavy (non-hydrogen) atoms. The largest absolute Gasteiger partial charge is 0.480 e. The van der Waals surface area contributed by atoms with E-state index in [9.17, 15) is 9.90 Å². The molecule has 0 aromatic rings. The molecule has 4 nitrogen and oxygen atoms in total. The topological polar surface area (TPSA) is 83.6 Å². The Labute approximate surface area is 77.7 Å². The second-order valence-electron chi connectivity index (χ2n) is 3.73. The Bertz CT molecular complexity index is 184. The predicted molar refractivity (Wildman–Crippen MR) is 48.2 cm³/mol. The molecule has 0 bridgehead atoms. The summed E-state index contributed by atoms with van der Waals surface area (Å²) in [5, 5.41) is 18.3. The molecule has 1 saturated carbocycles. The molecule has 1 aliphatic carbocycles. The lowest BCUT2D eigenvalue weighted by Crippen LogP contribution is -2.43. The summed E-state index contributed by atoms with van der Waals surface area (Å²) in [5.74, 6) is -1.27. The maximum absolute atomic E-state index is 10.6. The van der Waals surface area contributed by atoms with E-state index in [0.717, 1.165) is 25.7 Å². The molecule has 0 aliphatic heterocycles. The van der Waals surface area contributed by atoms with E-state index in [1.807, 2.05) is 0 Å². The Morgan fingerprint density at radius 3 is 2.54 bits per heavy atom. The Hall–Kier alpha value is -0.610. The highest BCUT2D eigenvalue weighted by Gasteiger charge is 2.31. The van der Waals surface area contributed by atoms with E-state index in [2.05, 4.69) is 0 Å². The number of carboxylic acids is 1. The first-order valence-corrected chi connectivity index (χ1v) is 4.79. The van der Waals surface area contributed by atoms with Crippen molar-refractivity contribution in [3.05, 3.63) is 0 Å². The van der Waals surface area contributed by atoms with Gasteiger partial charge in [-0.1, -0.05) is 19.3 Å². The van der Waals surface area contributed by atoms with Crippen molar-refractivity contribution in [2.75, 3.05) is 0 Å². The van der Waals surface area contributed by atoms with Crippen molar-refractivity contribution >= 4 is 5.97 Å². The van der Waals surface area contributed by atoms with Crippen LogP contribution in [0.15, 0.2) is 0 Å². The number of hydrogen-bond donors (Lipinski definition) is 3. The second-order valence-corrected chi connectivity index (χ2v) is 3.73. The highest BCUT2D eigenvalue weighted by molar-refractivity contribution is 5.73. The van der Waals surface area contributed by atoms with Gasteiger partial charge in [0, 0.05) is 5.92 Å². The van der Waals surface area contributed by atoms with Gasteiger partial charge in [0.1, 0.15) is 6.04 Å². The van der Waals surface area contributed by atoms with Crippen molar-refractivity contribution in [3.8, 4) is 0 Å². The summed E-state index contributed by atoms with van der Waals surface area (Å²) in [4.78, 5) is 10.6. The zero-order valence-electron chi connectivity index (χ0n) is 7.65. The van der Waals surface area contributed by atoms with Gasteiger partial charge in [-0.2, -0.15) is 0 Å². The number of hydrogen-bond acceptors (Lipinski definition) is 3. The Balaban J connectivity index is 2.58. The zero-order valence-corrected chi connectivity index (χ0v) is 7.65. The monoisotopic (exact) mass is 187 g/mol. The van der Waals surface area contributed by atoms with Gasteiger partial charge in [-0.15, -0.1) is 0 Å². The van der Waals surface area contributed by atoms with Gasteiger partial charge >= 0.3 is 5.97 Å². The average molecular weight is 187 g/mol. The van der Waals surface area contributed by atoms with Crippen LogP contribution in [0, 0.1) is 5.92 Å². The Kier molecular flexibility index (Phi) is 3.69. The molecule has 0 aromatic carbocycles. The lowest BCUT2D eigenvalue weighted by Gasteiger charge is -2.23. The number of carbonyl (C=O) groups is 1. The standard InChI is InChI=1S/C9H17NO3/c10-8(9(12)13)6-4-2-1-3-5-7(6)11/h6-8,11H,1-5,10H2,(H,12,13)/t6-,7-,8-/m1/s1. The fourth-order valence-corrected chi connectivity index (χ4v) is 1.92. The number of aliphatic hydroxyl groups is 1. The molecular formula is C9H17NO3. The van der Waals surface area contributed by atoms with Crippen LogP contribution in [-0.2, 0) is 4.79 Å². The summed E-state index contributed by atoms with van der Waals surface area (Å²) in [7, 11) is 0. The average Bonchev–Trinajstić information content (AvgIpc) is 2.28. The van der Waals surface area contributed by atoms with Gasteiger partial charge in [0.25, 0.3) is 0 Å². The number of carboxylic acid groups (broad SMARTS) is 1. The van der Waals surface area contributed by atoms with Crippen molar-refractivity contribution in [1.82, 2.24) is 0 Å². The number of aliphatic carboxylic acids is 1. The van der Waals surface area contributed by atoms with Gasteiger partial charge in [-0.25, -0.2) is 0 Å². The third-order valence-corrected chi connectivity index (χ3v) is 2.78. The fourth-order valence-electron chi connectivity index (χ4n) is 1.92. The summed E-state index contributed by atoms with van der Waals surface area (Å²) in [6, 6.07) is -0.909. The number of rotatable bonds is 2. The van der Waals surface area contributed by atoms with Crippen molar-refractivity contribution in [3.63, 3.8) is 0 Å². The molecule has 0 amide bonds. The van der Waals surface area contributed by atoms with Crippen molar-refractivity contribution in [2.24, 2.45) is 11.7 Å². The lowest BCUT2D eigenvalue weighted by molar-refractivity contribution is -0.141. The molecule has 0 heterocycles. The van der Waals surface area contributed by atoms with E-state index in [1.165, 1.54) is 0 Å². The third-order valence-electron chi connectivity index (χ3n) is 2.78. The summed E-state index contributed by atoms with van der Waals surface area (Å²) in [6.07, 6.45) is 3.90. The molecule has 3 atom stereocenters. The van der Waals surface area contributed by atoms with E-state index >= 15 is 0 Å². The Morgan fingerprint density at radius 1 is 1.31 bits per heavy atom. The normalized spacial score (nSPS) is 32.2. The highest BCUT2D eigenvalue weighted by Crippen LogP contribution is 2.25. The summed E-state index contributed by atoms with van der Waals surface area (Å²) >= 11 is 0. The van der Waals surface area contributed by atoms with Crippen molar-refractivity contribution in [1.29, 1.82) is 0 Å². The maximum atomic E-state index is 10.6. The number of nitrogens with two attached hydrogens (primary N) is 1. The van der Waals surface area contributed by atoms with Crippen LogP contribution in [0.1, 0.15) is 32.1 Å². The van der Waals surface area contributed by atoms with E-state index in [0.29, 0.717) is 6.42 Å². The first-order valence-electron chi connectivity index (χ1n) is 4.79. The maximum Gasteiger partial charge on any atom is 0.320 e. The minimum atomic E-state index is -1.01. The summed E-state index contributed by atoms with van der Waals surface area (Å²) in [6.45, 7) is 0. The van der Waals surface area contributed by atoms with Gasteiger partial charge in [-0.3, -0.25) is 4.79 Å². The SMILES string of the molecule is N[C@@H](C(=O)O)[C@@H]1CCCCC[C@H]1O. The van der Waals surface area contributed by atoms with Gasteiger partial charge in [0.05, 0.1) is 6.10 Å². The lowest BCUT2D eigenvalue weighted by atomic mass is 9.90. The van der Waals surface area contributed by atoms with Crippen LogP contribution in [-0.4, -0.2) is 28.3 Å². The smallest absolute Gasteiger partial charge is 0.320 e. The summed E-state index contributed by atoms with van der Waals surface area (Å²) < 4.78 is 0. The molecule has 0 radical (unpaired) electrons. The predicted octanol–water partition coefficient (Wildman–Crippen LogP) is 0.339. The number of aliphatic hydroxyl groups excluding tert-OH is 1. The van der Waals surface area contributed by atoms with E-state index in [-0.39, 0.29) is 5.92 Å². The minimum Gasteiger partial charge on any atom is -0.480 e. The van der Waals surface area contributed by atoms with Gasteiger partial charge in [0.15, 0.2) is 0 Å². The van der Waals surface area contributed by atoms with Gasteiger partial charge in [0.2, 0.25) is 0 Å². The Morgan fingerprint density at radius 2 is 1.92 bits per heavy atom. The minimum absolute atomic E-state index is 0.264. The highest BCUT2D eigenvalue weighted by atomic mass is 16.4. The molecule has 76 valence electrons. The van der Waals surface area contributed by atoms with Crippen LogP contribution in [0.5, 0.6) is 0 Å². The second kappa shape index (κ2) is 4.58. The van der Waals surface area contributed by atoms with Crippen molar-refractivity contribution in [2.45, 2.75) is 44.2 Å². The van der Waals surface area contributed by atoms with Crippen LogP contribution in [0.25, 0.3) is 0 Å². The van der Waals surface area contributed by atoms with Gasteiger partial charge in [-0.05, 0) is 12.8 Å². The molecule has 4 N–H and O–H groups in total. The van der Waals surface area contributed by atoms with Crippen molar-refractivity contribution < 1.29 is 15.0 Å². The van der Waals surface area contributed by atoms with Crippen LogP contribution >= 0.6 is 0 Å². The molecule has 0 saturated heterocycles. The molecule has 1 fully saturated rings. The third kappa shape index (κ3) is 2.67. The van der Waals surface area contributed by atoms with E-state index < -0.39 is 18.1 Å². The van der Waals surface area contributed by atoms with E-state index in [1.54, 1.807) is 0 Å². The molecule has 1 rings (SSSR count). The first-order chi connectivity index (χ1) is 6.13. The van der Waals surface area contributed by atoms with Crippen LogP contribution in [0.3, 0.4) is 0 Å². The first kappa shape index (κ1) is 10.5. The quantitative estimate of drug-likeness (QED) is 0.544. The van der Waals surface area contributed by atoms with Gasteiger partial charge < -0.3 is 15.9 Å². The van der Waals surface area contributed by atoms with Crippen LogP contribution in [0.2, 0.25) is 0 Å². The molecule has 1 aliphatic rings. The fraction of sp³-hybridized carbons (Fsp3) is 0.889. The molecular weight excluding hydrogens is 170 g/mol. The van der Waals surface area contributed by atoms with Crippen LogP contribution in [0.4, 0.5) is 0 Å². The van der Waals surface area contributed by atoms with E-state index in [4.69, 9.17) is 10.8 Å². The molecule has 4 heteroatoms. The molecule has 0 spiro atoms. The van der Waals surface area contributed by atoms with Crippen LogP contribution < -0.4 is 5.73 Å².